The highest BCUT2D eigenvalue weighted by Crippen LogP contribution is 2.48. The number of fused-ring (bicyclic) bond motifs is 10. The van der Waals surface area contributed by atoms with Crippen LogP contribution in [0.25, 0.3) is 110 Å². The molecule has 1 aliphatic rings. The van der Waals surface area contributed by atoms with Crippen LogP contribution < -0.4 is 0 Å². The minimum absolute atomic E-state index is 1.15. The number of hydrogen-bond acceptors (Lipinski definition) is 1. The van der Waals surface area contributed by atoms with E-state index in [0.29, 0.717) is 0 Å². The van der Waals surface area contributed by atoms with E-state index in [1.807, 2.05) is 12.4 Å². The molecule has 3 heterocycles. The summed E-state index contributed by atoms with van der Waals surface area (Å²) in [5.41, 5.74) is 14.6. The van der Waals surface area contributed by atoms with E-state index in [-0.39, 0.29) is 0 Å². The average molecular weight is 660 g/mol. The first kappa shape index (κ1) is 27.8. The highest BCUT2D eigenvalue weighted by molar-refractivity contribution is 6.18. The first-order valence-electron chi connectivity index (χ1n) is 17.9. The van der Waals surface area contributed by atoms with Crippen LogP contribution in [0.4, 0.5) is 0 Å². The fourth-order valence-electron chi connectivity index (χ4n) is 8.98. The molecule has 3 heteroatoms. The van der Waals surface area contributed by atoms with Gasteiger partial charge >= 0.3 is 0 Å². The van der Waals surface area contributed by atoms with Gasteiger partial charge in [0.2, 0.25) is 0 Å². The van der Waals surface area contributed by atoms with Gasteiger partial charge in [-0.1, -0.05) is 97.1 Å². The number of para-hydroxylation sites is 2. The molecule has 0 spiro atoms. The Kier molecular flexibility index (Phi) is 5.50. The zero-order valence-corrected chi connectivity index (χ0v) is 28.1. The smallest absolute Gasteiger partial charge is 0.0547 e. The van der Waals surface area contributed by atoms with Gasteiger partial charge in [0, 0.05) is 61.6 Å². The van der Waals surface area contributed by atoms with Crippen LogP contribution in [0.2, 0.25) is 0 Å². The van der Waals surface area contributed by atoms with E-state index in [4.69, 9.17) is 4.98 Å². The summed E-state index contributed by atoms with van der Waals surface area (Å²) in [4.78, 5) is 4.70. The summed E-state index contributed by atoms with van der Waals surface area (Å²) in [6.45, 7) is 0. The fraction of sp³-hybridized carbons (Fsp3) is 0. The minimum Gasteiger partial charge on any atom is -0.309 e. The molecule has 0 saturated heterocycles. The second-order valence-corrected chi connectivity index (χ2v) is 14.0. The molecule has 3 nitrogen and oxygen atoms in total. The van der Waals surface area contributed by atoms with Gasteiger partial charge in [-0.05, 0) is 105 Å². The summed E-state index contributed by atoms with van der Waals surface area (Å²) in [6.07, 6.45) is 4.03. The van der Waals surface area contributed by atoms with Gasteiger partial charge in [-0.2, -0.15) is 0 Å². The lowest BCUT2D eigenvalue weighted by Gasteiger charge is -2.12. The molecule has 52 heavy (non-hydrogen) atoms. The van der Waals surface area contributed by atoms with Crippen LogP contribution in [0.15, 0.2) is 176 Å². The lowest BCUT2D eigenvalue weighted by molar-refractivity contribution is 1.18. The molecular weight excluding hydrogens is 631 g/mol. The van der Waals surface area contributed by atoms with Crippen molar-refractivity contribution in [3.8, 4) is 44.8 Å². The molecule has 0 amide bonds. The van der Waals surface area contributed by atoms with E-state index in [1.165, 1.54) is 98.8 Å². The SMILES string of the molecule is c1ccc(-n2c3ccccc3c3cc(-c4ccc5c(c4)c4cc6ccccc6cc4n5-c4cc5c6c(cncc6c4)-c4ccccc4-5)ccc32)cc1. The molecule has 11 aromatic rings. The quantitative estimate of drug-likeness (QED) is 0.185. The van der Waals surface area contributed by atoms with Crippen LogP contribution in [0.3, 0.4) is 0 Å². The Morgan fingerprint density at radius 3 is 1.71 bits per heavy atom. The molecule has 0 radical (unpaired) electrons. The molecule has 1 aliphatic carbocycles. The van der Waals surface area contributed by atoms with E-state index in [2.05, 4.69) is 173 Å². The van der Waals surface area contributed by atoms with Crippen molar-refractivity contribution >= 4 is 65.2 Å². The molecule has 0 atom stereocenters. The Labute approximate surface area is 299 Å². The van der Waals surface area contributed by atoms with Gasteiger partial charge in [0.1, 0.15) is 0 Å². The highest BCUT2D eigenvalue weighted by atomic mass is 15.0. The number of aromatic nitrogens is 3. The van der Waals surface area contributed by atoms with Crippen LogP contribution in [0.1, 0.15) is 0 Å². The lowest BCUT2D eigenvalue weighted by atomic mass is 10.00. The monoisotopic (exact) mass is 659 g/mol. The molecule has 0 fully saturated rings. The van der Waals surface area contributed by atoms with Crippen molar-refractivity contribution in [2.45, 2.75) is 0 Å². The van der Waals surface area contributed by atoms with Gasteiger partial charge < -0.3 is 9.13 Å². The highest BCUT2D eigenvalue weighted by Gasteiger charge is 2.24. The van der Waals surface area contributed by atoms with Gasteiger partial charge in [0.15, 0.2) is 0 Å². The topological polar surface area (TPSA) is 22.8 Å². The van der Waals surface area contributed by atoms with Gasteiger partial charge in [-0.3, -0.25) is 4.98 Å². The van der Waals surface area contributed by atoms with E-state index in [9.17, 15) is 0 Å². The summed E-state index contributed by atoms with van der Waals surface area (Å²) in [5.74, 6) is 0. The number of pyridine rings is 1. The standard InChI is InChI=1S/C49H29N3/c1-2-12-35(13-3-1)51-45-17-9-8-16-39(45)40-24-32(18-20-46(40)51)33-19-21-47-41(25-33)42-23-30-10-4-5-11-31(30)26-48(42)52(47)36-22-34-28-50-29-44-38-15-7-6-14-37(38)43(27-36)49(34)44/h1-29H. The second kappa shape index (κ2) is 10.3. The maximum atomic E-state index is 4.70. The number of hydrogen-bond donors (Lipinski definition) is 0. The Bertz CT molecular complexity index is 3290. The van der Waals surface area contributed by atoms with Crippen molar-refractivity contribution in [1.29, 1.82) is 0 Å². The number of benzene rings is 8. The maximum absolute atomic E-state index is 4.70. The average Bonchev–Trinajstić information content (AvgIpc) is 3.83. The molecular formula is C49H29N3. The van der Waals surface area contributed by atoms with Gasteiger partial charge in [0.05, 0.1) is 22.1 Å². The molecule has 0 saturated carbocycles. The summed E-state index contributed by atoms with van der Waals surface area (Å²) in [7, 11) is 0. The summed E-state index contributed by atoms with van der Waals surface area (Å²) in [5, 5.41) is 9.95. The van der Waals surface area contributed by atoms with Gasteiger partial charge in [-0.25, -0.2) is 0 Å². The Hall–Kier alpha value is -6.97. The Morgan fingerprint density at radius 2 is 0.923 bits per heavy atom. The van der Waals surface area contributed by atoms with Crippen LogP contribution in [-0.4, -0.2) is 14.1 Å². The molecule has 0 N–H and O–H groups in total. The molecule has 240 valence electrons. The summed E-state index contributed by atoms with van der Waals surface area (Å²) >= 11 is 0. The van der Waals surface area contributed by atoms with Crippen molar-refractivity contribution in [2.24, 2.45) is 0 Å². The zero-order valence-electron chi connectivity index (χ0n) is 28.1. The molecule has 0 unspecified atom stereocenters. The predicted octanol–water partition coefficient (Wildman–Crippen LogP) is 12.9. The normalized spacial score (nSPS) is 12.2. The van der Waals surface area contributed by atoms with Crippen molar-refractivity contribution in [3.05, 3.63) is 176 Å². The second-order valence-electron chi connectivity index (χ2n) is 14.0. The zero-order chi connectivity index (χ0) is 33.9. The van der Waals surface area contributed by atoms with E-state index in [1.54, 1.807) is 0 Å². The maximum Gasteiger partial charge on any atom is 0.0547 e. The fourth-order valence-corrected chi connectivity index (χ4v) is 8.98. The van der Waals surface area contributed by atoms with Crippen molar-refractivity contribution in [1.82, 2.24) is 14.1 Å². The molecule has 8 aromatic carbocycles. The van der Waals surface area contributed by atoms with Crippen LogP contribution >= 0.6 is 0 Å². The molecule has 3 aromatic heterocycles. The first-order valence-corrected chi connectivity index (χ1v) is 17.9. The van der Waals surface area contributed by atoms with Crippen LogP contribution in [0.5, 0.6) is 0 Å². The number of rotatable bonds is 3. The lowest BCUT2D eigenvalue weighted by Crippen LogP contribution is -1.95. The minimum atomic E-state index is 1.15. The third kappa shape index (κ3) is 3.77. The Balaban J connectivity index is 1.11. The molecule has 0 aliphatic heterocycles. The molecule has 12 rings (SSSR count). The van der Waals surface area contributed by atoms with Crippen molar-refractivity contribution in [3.63, 3.8) is 0 Å². The summed E-state index contributed by atoms with van der Waals surface area (Å²) in [6, 6.07) is 60.2. The van der Waals surface area contributed by atoms with E-state index in [0.717, 1.165) is 11.1 Å². The van der Waals surface area contributed by atoms with E-state index >= 15 is 0 Å². The predicted molar refractivity (Wildman–Crippen MR) is 218 cm³/mol. The van der Waals surface area contributed by atoms with E-state index < -0.39 is 0 Å². The van der Waals surface area contributed by atoms with Crippen LogP contribution in [-0.2, 0) is 0 Å². The van der Waals surface area contributed by atoms with Gasteiger partial charge in [-0.15, -0.1) is 0 Å². The van der Waals surface area contributed by atoms with Crippen LogP contribution in [0, 0.1) is 0 Å². The summed E-state index contributed by atoms with van der Waals surface area (Å²) < 4.78 is 4.84. The van der Waals surface area contributed by atoms with Crippen molar-refractivity contribution < 1.29 is 0 Å². The third-order valence-electron chi connectivity index (χ3n) is 11.3. The first-order chi connectivity index (χ1) is 25.8. The van der Waals surface area contributed by atoms with Crippen molar-refractivity contribution in [2.75, 3.05) is 0 Å². The Morgan fingerprint density at radius 1 is 0.327 bits per heavy atom. The third-order valence-corrected chi connectivity index (χ3v) is 11.3. The van der Waals surface area contributed by atoms with Gasteiger partial charge in [0.25, 0.3) is 0 Å². The number of nitrogens with zero attached hydrogens (tertiary/aromatic N) is 3. The largest absolute Gasteiger partial charge is 0.309 e. The molecule has 0 bridgehead atoms.